The molecule has 0 spiro atoms. The van der Waals surface area contributed by atoms with E-state index in [0.29, 0.717) is 18.5 Å². The smallest absolute Gasteiger partial charge is 0.253 e. The lowest BCUT2D eigenvalue weighted by Crippen LogP contribution is -2.53. The number of rotatable bonds is 6. The molecule has 0 saturated carbocycles. The first-order chi connectivity index (χ1) is 16.5. The Balaban J connectivity index is 1.39. The van der Waals surface area contributed by atoms with Crippen molar-refractivity contribution >= 4 is 28.9 Å². The molecule has 2 aromatic heterocycles. The van der Waals surface area contributed by atoms with Crippen molar-refractivity contribution in [2.45, 2.75) is 31.0 Å². The van der Waals surface area contributed by atoms with Gasteiger partial charge in [0.1, 0.15) is 24.4 Å². The number of carbonyl (C=O) groups excluding carboxylic acids is 3. The molecule has 2 amide bonds. The van der Waals surface area contributed by atoms with Gasteiger partial charge in [-0.3, -0.25) is 19.4 Å². The zero-order chi connectivity index (χ0) is 23.7. The van der Waals surface area contributed by atoms with Gasteiger partial charge in [0.15, 0.2) is 5.78 Å². The van der Waals surface area contributed by atoms with E-state index in [9.17, 15) is 19.5 Å². The lowest BCUT2D eigenvalue weighted by Gasteiger charge is -2.27. The molecular formula is C25H23N3O5S. The molecule has 34 heavy (non-hydrogen) atoms. The van der Waals surface area contributed by atoms with E-state index in [0.717, 1.165) is 16.0 Å². The number of carbonyl (C=O) groups is 3. The number of hydrogen-bond acceptors (Lipinski definition) is 7. The van der Waals surface area contributed by atoms with E-state index in [1.165, 1.54) is 23.2 Å². The van der Waals surface area contributed by atoms with Crippen LogP contribution in [0.5, 0.6) is 5.75 Å². The van der Waals surface area contributed by atoms with Crippen molar-refractivity contribution in [1.29, 1.82) is 0 Å². The van der Waals surface area contributed by atoms with Crippen LogP contribution in [0.4, 0.5) is 0 Å². The molecule has 2 unspecified atom stereocenters. The van der Waals surface area contributed by atoms with Gasteiger partial charge in [-0.15, -0.1) is 11.3 Å². The summed E-state index contributed by atoms with van der Waals surface area (Å²) in [6, 6.07) is 10.6. The van der Waals surface area contributed by atoms with Crippen LogP contribution in [0.15, 0.2) is 60.2 Å². The SMILES string of the molecule is O=C(N[C@@H](Cc1ccc(O)cc1)C(=O)N1CCC2OCC(=O)C21)c1cncc(-c2cccs2)c1. The fourth-order valence-corrected chi connectivity index (χ4v) is 5.20. The molecular weight excluding hydrogens is 454 g/mol. The van der Waals surface area contributed by atoms with Crippen LogP contribution in [0, 0.1) is 0 Å². The van der Waals surface area contributed by atoms with Crippen molar-refractivity contribution in [2.75, 3.05) is 13.2 Å². The molecule has 2 fully saturated rings. The minimum atomic E-state index is -0.894. The van der Waals surface area contributed by atoms with Gasteiger partial charge < -0.3 is 20.1 Å². The lowest BCUT2D eigenvalue weighted by molar-refractivity contribution is -0.138. The normalized spacial score (nSPS) is 20.2. The predicted molar refractivity (Wildman–Crippen MR) is 125 cm³/mol. The number of ether oxygens (including phenoxy) is 1. The minimum Gasteiger partial charge on any atom is -0.508 e. The number of amides is 2. The first-order valence-corrected chi connectivity index (χ1v) is 11.9. The number of ketones is 1. The summed E-state index contributed by atoms with van der Waals surface area (Å²) in [4.78, 5) is 45.8. The fourth-order valence-electron chi connectivity index (χ4n) is 4.49. The Kier molecular flexibility index (Phi) is 6.12. The van der Waals surface area contributed by atoms with Crippen LogP contribution < -0.4 is 5.32 Å². The van der Waals surface area contributed by atoms with Crippen LogP contribution in [0.1, 0.15) is 22.3 Å². The van der Waals surface area contributed by atoms with E-state index >= 15 is 0 Å². The second-order valence-electron chi connectivity index (χ2n) is 8.42. The number of Topliss-reactive ketones (excluding diaryl/α,β-unsaturated/α-hetero) is 1. The maximum absolute atomic E-state index is 13.6. The zero-order valence-corrected chi connectivity index (χ0v) is 19.0. The standard InChI is InChI=1S/C25H23N3O5S/c29-18-5-3-15(4-6-18)10-19(25(32)28-8-7-21-23(28)20(30)14-33-21)27-24(31)17-11-16(12-26-13-17)22-2-1-9-34-22/h1-6,9,11-13,19,21,23,29H,7-8,10,14H2,(H,27,31)/t19-,21?,23?/m0/s1. The van der Waals surface area contributed by atoms with Crippen molar-refractivity contribution < 1.29 is 24.2 Å². The topological polar surface area (TPSA) is 109 Å². The molecule has 1 aromatic carbocycles. The molecule has 8 nitrogen and oxygen atoms in total. The maximum Gasteiger partial charge on any atom is 0.253 e. The zero-order valence-electron chi connectivity index (χ0n) is 18.2. The summed E-state index contributed by atoms with van der Waals surface area (Å²) < 4.78 is 5.51. The predicted octanol–water partition coefficient (Wildman–Crippen LogP) is 2.43. The largest absolute Gasteiger partial charge is 0.508 e. The van der Waals surface area contributed by atoms with E-state index in [-0.39, 0.29) is 36.6 Å². The Morgan fingerprint density at radius 3 is 2.82 bits per heavy atom. The summed E-state index contributed by atoms with van der Waals surface area (Å²) in [5.74, 6) is -0.746. The second kappa shape index (κ2) is 9.36. The molecule has 9 heteroatoms. The molecule has 2 N–H and O–H groups in total. The van der Waals surface area contributed by atoms with Crippen LogP contribution in [0.3, 0.4) is 0 Å². The maximum atomic E-state index is 13.6. The Labute approximate surface area is 200 Å². The number of likely N-dealkylation sites (tertiary alicyclic amines) is 1. The molecule has 0 bridgehead atoms. The molecule has 5 rings (SSSR count). The molecule has 0 radical (unpaired) electrons. The quantitative estimate of drug-likeness (QED) is 0.565. The number of hydrogen-bond donors (Lipinski definition) is 2. The van der Waals surface area contributed by atoms with Crippen molar-refractivity contribution in [3.8, 4) is 16.2 Å². The third-order valence-corrected chi connectivity index (χ3v) is 7.10. The highest BCUT2D eigenvalue weighted by Gasteiger charge is 2.48. The third-order valence-electron chi connectivity index (χ3n) is 6.18. The van der Waals surface area contributed by atoms with E-state index in [4.69, 9.17) is 4.74 Å². The minimum absolute atomic E-state index is 0.00921. The number of phenolic OH excluding ortho intramolecular Hbond substituents is 1. The van der Waals surface area contributed by atoms with Crippen molar-refractivity contribution in [3.05, 3.63) is 71.4 Å². The van der Waals surface area contributed by atoms with Crippen LogP contribution in [0.25, 0.3) is 10.4 Å². The number of thiophene rings is 1. The first-order valence-electron chi connectivity index (χ1n) is 11.0. The van der Waals surface area contributed by atoms with Gasteiger partial charge in [0.05, 0.1) is 11.7 Å². The molecule has 4 heterocycles. The van der Waals surface area contributed by atoms with Gasteiger partial charge in [-0.25, -0.2) is 0 Å². The second-order valence-corrected chi connectivity index (χ2v) is 9.36. The van der Waals surface area contributed by atoms with Gasteiger partial charge in [-0.05, 0) is 41.6 Å². The van der Waals surface area contributed by atoms with Gasteiger partial charge in [0.25, 0.3) is 5.91 Å². The highest BCUT2D eigenvalue weighted by Crippen LogP contribution is 2.28. The molecule has 3 atom stereocenters. The average Bonchev–Trinajstić information content (AvgIpc) is 3.60. The number of phenols is 1. The Hall–Kier alpha value is -3.56. The van der Waals surface area contributed by atoms with Gasteiger partial charge in [-0.1, -0.05) is 18.2 Å². The highest BCUT2D eigenvalue weighted by molar-refractivity contribution is 7.13. The summed E-state index contributed by atoms with van der Waals surface area (Å²) in [6.45, 7) is 0.409. The summed E-state index contributed by atoms with van der Waals surface area (Å²) in [5, 5.41) is 14.4. The van der Waals surface area contributed by atoms with Crippen LogP contribution in [-0.2, 0) is 20.7 Å². The summed E-state index contributed by atoms with van der Waals surface area (Å²) in [7, 11) is 0. The number of aromatic hydroxyl groups is 1. The summed E-state index contributed by atoms with van der Waals surface area (Å²) in [5.41, 5.74) is 1.93. The van der Waals surface area contributed by atoms with Gasteiger partial charge >= 0.3 is 0 Å². The van der Waals surface area contributed by atoms with Crippen molar-refractivity contribution in [3.63, 3.8) is 0 Å². The molecule has 3 aromatic rings. The van der Waals surface area contributed by atoms with E-state index in [1.54, 1.807) is 35.7 Å². The first kappa shape index (κ1) is 22.2. The number of benzene rings is 1. The summed E-state index contributed by atoms with van der Waals surface area (Å²) in [6.07, 6.45) is 3.68. The molecule has 2 saturated heterocycles. The van der Waals surface area contributed by atoms with Crippen LogP contribution >= 0.6 is 11.3 Å². The molecule has 2 aliphatic rings. The van der Waals surface area contributed by atoms with Gasteiger partial charge in [0.2, 0.25) is 5.91 Å². The number of nitrogens with one attached hydrogen (secondary N) is 1. The third kappa shape index (κ3) is 4.44. The van der Waals surface area contributed by atoms with E-state index in [1.807, 2.05) is 17.5 Å². The highest BCUT2D eigenvalue weighted by atomic mass is 32.1. The number of fused-ring (bicyclic) bond motifs is 1. The Morgan fingerprint density at radius 1 is 1.24 bits per heavy atom. The van der Waals surface area contributed by atoms with Crippen LogP contribution in [0.2, 0.25) is 0 Å². The van der Waals surface area contributed by atoms with Gasteiger partial charge in [0, 0.05) is 35.8 Å². The average molecular weight is 478 g/mol. The Morgan fingerprint density at radius 2 is 2.06 bits per heavy atom. The Bertz CT molecular complexity index is 1210. The van der Waals surface area contributed by atoms with Crippen molar-refractivity contribution in [2.24, 2.45) is 0 Å². The van der Waals surface area contributed by atoms with Crippen molar-refractivity contribution in [1.82, 2.24) is 15.2 Å². The van der Waals surface area contributed by atoms with Crippen LogP contribution in [-0.4, -0.2) is 63.9 Å². The van der Waals surface area contributed by atoms with E-state index in [2.05, 4.69) is 10.3 Å². The molecule has 0 aliphatic carbocycles. The van der Waals surface area contributed by atoms with E-state index < -0.39 is 18.0 Å². The lowest BCUT2D eigenvalue weighted by atomic mass is 10.0. The molecule has 2 aliphatic heterocycles. The number of pyridine rings is 1. The fraction of sp³-hybridized carbons (Fsp3) is 0.280. The summed E-state index contributed by atoms with van der Waals surface area (Å²) >= 11 is 1.55. The number of aromatic nitrogens is 1. The van der Waals surface area contributed by atoms with Gasteiger partial charge in [-0.2, -0.15) is 0 Å². The monoisotopic (exact) mass is 477 g/mol. The molecule has 174 valence electrons. The number of nitrogens with zero attached hydrogens (tertiary/aromatic N) is 2.